The van der Waals surface area contributed by atoms with Crippen LogP contribution >= 0.6 is 11.3 Å². The van der Waals surface area contributed by atoms with Crippen molar-refractivity contribution in [3.63, 3.8) is 0 Å². The Kier molecular flexibility index (Phi) is 5.51. The van der Waals surface area contributed by atoms with Gasteiger partial charge in [0.05, 0.1) is 11.3 Å². The highest BCUT2D eigenvalue weighted by molar-refractivity contribution is 7.17. The van der Waals surface area contributed by atoms with Crippen molar-refractivity contribution in [2.75, 3.05) is 6.61 Å². The first-order chi connectivity index (χ1) is 11.5. The lowest BCUT2D eigenvalue weighted by atomic mass is 10.1. The fraction of sp³-hybridized carbons (Fsp3) is 0.167. The van der Waals surface area contributed by atoms with Crippen molar-refractivity contribution in [2.24, 2.45) is 0 Å². The number of carboxylic acid groups (broad SMARTS) is 1. The predicted molar refractivity (Wildman–Crippen MR) is 93.4 cm³/mol. The number of allylic oxidation sites excluding steroid dienone is 1. The summed E-state index contributed by atoms with van der Waals surface area (Å²) in [5, 5.41) is 19.0. The number of nitrogens with zero attached hydrogens (tertiary/aromatic N) is 2. The molecular formula is C18H16N2O3S. The molecule has 0 saturated heterocycles. The number of nitriles is 1. The first-order valence-corrected chi connectivity index (χ1v) is 7.97. The molecule has 1 N–H and O–H groups in total. The normalized spacial score (nSPS) is 11.0. The van der Waals surface area contributed by atoms with Crippen molar-refractivity contribution < 1.29 is 14.6 Å². The highest BCUT2D eigenvalue weighted by Crippen LogP contribution is 2.31. The second kappa shape index (κ2) is 7.57. The van der Waals surface area contributed by atoms with Crippen molar-refractivity contribution in [3.8, 4) is 22.4 Å². The number of hydrogen-bond acceptors (Lipinski definition) is 5. The summed E-state index contributed by atoms with van der Waals surface area (Å²) in [6.45, 7) is 7.57. The van der Waals surface area contributed by atoms with Crippen LogP contribution in [0.1, 0.15) is 27.9 Å². The Labute approximate surface area is 144 Å². The number of thiazole rings is 1. The molecule has 0 fully saturated rings. The lowest BCUT2D eigenvalue weighted by molar-refractivity contribution is 0.0701. The minimum Gasteiger partial charge on any atom is -0.488 e. The molecule has 0 spiro atoms. The molecule has 0 amide bonds. The molecule has 6 heteroatoms. The van der Waals surface area contributed by atoms with E-state index >= 15 is 0 Å². The third-order valence-corrected chi connectivity index (χ3v) is 4.56. The minimum absolute atomic E-state index is 0.201. The number of ether oxygens (including phenoxy) is 1. The van der Waals surface area contributed by atoms with E-state index in [1.54, 1.807) is 31.2 Å². The summed E-state index contributed by atoms with van der Waals surface area (Å²) in [6, 6.07) is 7.22. The number of hydrogen-bond donors (Lipinski definition) is 1. The number of benzene rings is 1. The topological polar surface area (TPSA) is 83.2 Å². The van der Waals surface area contributed by atoms with Gasteiger partial charge < -0.3 is 9.84 Å². The van der Waals surface area contributed by atoms with Gasteiger partial charge in [0, 0.05) is 5.56 Å². The summed E-state index contributed by atoms with van der Waals surface area (Å²) < 4.78 is 5.66. The number of carboxylic acids is 1. The van der Waals surface area contributed by atoms with Gasteiger partial charge in [0.25, 0.3) is 0 Å². The van der Waals surface area contributed by atoms with E-state index in [1.807, 2.05) is 13.0 Å². The molecule has 1 aromatic heterocycles. The van der Waals surface area contributed by atoms with Gasteiger partial charge in [-0.2, -0.15) is 5.26 Å². The fourth-order valence-electron chi connectivity index (χ4n) is 2.02. The molecule has 24 heavy (non-hydrogen) atoms. The summed E-state index contributed by atoms with van der Waals surface area (Å²) in [5.41, 5.74) is 2.45. The van der Waals surface area contributed by atoms with Crippen LogP contribution in [-0.4, -0.2) is 22.7 Å². The number of carbonyl (C=O) groups is 1. The lowest BCUT2D eigenvalue weighted by Gasteiger charge is -2.09. The summed E-state index contributed by atoms with van der Waals surface area (Å²) in [5.74, 6) is -0.533. The molecule has 5 nitrogen and oxygen atoms in total. The summed E-state index contributed by atoms with van der Waals surface area (Å²) in [7, 11) is 0. The molecule has 0 aliphatic rings. The monoisotopic (exact) mass is 340 g/mol. The SMILES string of the molecule is C=CC(=CC)COc1ccc(-c2nc(C)c(C(=O)O)s2)cc1C#N. The maximum Gasteiger partial charge on any atom is 0.347 e. The van der Waals surface area contributed by atoms with Crippen LogP contribution in [0.15, 0.2) is 42.5 Å². The number of aryl methyl sites for hydroxylation is 1. The third-order valence-electron chi connectivity index (χ3n) is 3.37. The second-order valence-electron chi connectivity index (χ2n) is 4.92. The average molecular weight is 340 g/mol. The van der Waals surface area contributed by atoms with Gasteiger partial charge in [0.15, 0.2) is 0 Å². The zero-order valence-electron chi connectivity index (χ0n) is 13.4. The number of aromatic carboxylic acids is 1. The van der Waals surface area contributed by atoms with Crippen LogP contribution in [0.3, 0.4) is 0 Å². The molecule has 0 radical (unpaired) electrons. The maximum atomic E-state index is 11.1. The molecule has 0 unspecified atom stereocenters. The van der Waals surface area contributed by atoms with Gasteiger partial charge in [0.1, 0.15) is 28.3 Å². The van der Waals surface area contributed by atoms with Gasteiger partial charge in [-0.15, -0.1) is 11.3 Å². The van der Waals surface area contributed by atoms with Crippen molar-refractivity contribution in [3.05, 3.63) is 58.6 Å². The van der Waals surface area contributed by atoms with Crippen molar-refractivity contribution >= 4 is 17.3 Å². The zero-order chi connectivity index (χ0) is 17.7. The van der Waals surface area contributed by atoms with E-state index in [9.17, 15) is 10.1 Å². The molecule has 0 atom stereocenters. The molecule has 0 aliphatic carbocycles. The zero-order valence-corrected chi connectivity index (χ0v) is 14.2. The Balaban J connectivity index is 2.32. The smallest absolute Gasteiger partial charge is 0.347 e. The molecule has 1 heterocycles. The summed E-state index contributed by atoms with van der Waals surface area (Å²) >= 11 is 1.09. The molecule has 0 aliphatic heterocycles. The quantitative estimate of drug-likeness (QED) is 0.797. The third kappa shape index (κ3) is 3.70. The molecule has 2 aromatic rings. The van der Waals surface area contributed by atoms with Gasteiger partial charge >= 0.3 is 5.97 Å². The number of aromatic nitrogens is 1. The minimum atomic E-state index is -1.000. The molecule has 0 bridgehead atoms. The van der Waals surface area contributed by atoms with E-state index in [2.05, 4.69) is 17.6 Å². The van der Waals surface area contributed by atoms with Crippen LogP contribution in [0.2, 0.25) is 0 Å². The molecule has 122 valence electrons. The number of rotatable bonds is 6. The molecule has 0 saturated carbocycles. The standard InChI is InChI=1S/C18H16N2O3S/c1-4-12(5-2)10-23-15-7-6-13(8-14(15)9-19)17-20-11(3)16(24-17)18(21)22/h4-8H,1,10H2,2-3H3,(H,21,22). The van der Waals surface area contributed by atoms with Gasteiger partial charge in [-0.1, -0.05) is 18.7 Å². The van der Waals surface area contributed by atoms with Crippen LogP contribution in [0, 0.1) is 18.3 Å². The maximum absolute atomic E-state index is 11.1. The van der Waals surface area contributed by atoms with Gasteiger partial charge in [-0.25, -0.2) is 9.78 Å². The lowest BCUT2D eigenvalue weighted by Crippen LogP contribution is -2.01. The highest BCUT2D eigenvalue weighted by atomic mass is 32.1. The summed E-state index contributed by atoms with van der Waals surface area (Å²) in [4.78, 5) is 15.6. The van der Waals surface area contributed by atoms with Crippen molar-refractivity contribution in [1.82, 2.24) is 4.98 Å². The summed E-state index contributed by atoms with van der Waals surface area (Å²) in [6.07, 6.45) is 3.59. The van der Waals surface area contributed by atoms with Gasteiger partial charge in [-0.3, -0.25) is 0 Å². The van der Waals surface area contributed by atoms with Crippen LogP contribution in [-0.2, 0) is 0 Å². The Morgan fingerprint density at radius 1 is 1.54 bits per heavy atom. The molecule has 2 rings (SSSR count). The van der Waals surface area contributed by atoms with E-state index in [0.717, 1.165) is 16.9 Å². The van der Waals surface area contributed by atoms with E-state index in [1.165, 1.54) is 0 Å². The van der Waals surface area contributed by atoms with E-state index in [4.69, 9.17) is 9.84 Å². The average Bonchev–Trinajstić information content (AvgIpc) is 2.98. The Morgan fingerprint density at radius 3 is 2.83 bits per heavy atom. The Bertz CT molecular complexity index is 860. The van der Waals surface area contributed by atoms with Crippen LogP contribution in [0.5, 0.6) is 5.75 Å². The van der Waals surface area contributed by atoms with Crippen LogP contribution < -0.4 is 4.74 Å². The second-order valence-corrected chi connectivity index (χ2v) is 5.92. The van der Waals surface area contributed by atoms with Gasteiger partial charge in [0.2, 0.25) is 0 Å². The largest absolute Gasteiger partial charge is 0.488 e. The highest BCUT2D eigenvalue weighted by Gasteiger charge is 2.16. The predicted octanol–water partition coefficient (Wildman–Crippen LogP) is 4.20. The molecule has 1 aromatic carbocycles. The van der Waals surface area contributed by atoms with E-state index in [-0.39, 0.29) is 4.88 Å². The van der Waals surface area contributed by atoms with Crippen molar-refractivity contribution in [2.45, 2.75) is 13.8 Å². The molecular weight excluding hydrogens is 324 g/mol. The van der Waals surface area contributed by atoms with E-state index in [0.29, 0.717) is 34.2 Å². The first kappa shape index (κ1) is 17.4. The Hall–Kier alpha value is -2.91. The Morgan fingerprint density at radius 2 is 2.29 bits per heavy atom. The first-order valence-electron chi connectivity index (χ1n) is 7.15. The van der Waals surface area contributed by atoms with Gasteiger partial charge in [-0.05, 0) is 37.6 Å². The van der Waals surface area contributed by atoms with E-state index < -0.39 is 5.97 Å². The van der Waals surface area contributed by atoms with Crippen LogP contribution in [0.4, 0.5) is 0 Å². The van der Waals surface area contributed by atoms with Crippen molar-refractivity contribution in [1.29, 1.82) is 5.26 Å². The fourth-order valence-corrected chi connectivity index (χ4v) is 2.92. The van der Waals surface area contributed by atoms with Crippen LogP contribution in [0.25, 0.3) is 10.6 Å².